The zero-order valence-corrected chi connectivity index (χ0v) is 16.9. The SMILES string of the molecule is CC(COCCC(=O)C1CC2CC1C1C3CC(CC3C)C21)C1CCCC1. The molecule has 5 saturated carbocycles. The maximum atomic E-state index is 12.9. The first-order chi connectivity index (χ1) is 12.6. The number of ether oxygens (including phenoxy) is 1. The molecule has 0 aromatic rings. The Labute approximate surface area is 159 Å². The van der Waals surface area contributed by atoms with E-state index in [2.05, 4.69) is 13.8 Å². The molecular weight excluding hydrogens is 320 g/mol. The topological polar surface area (TPSA) is 26.3 Å². The highest BCUT2D eigenvalue weighted by molar-refractivity contribution is 5.82. The van der Waals surface area contributed by atoms with Gasteiger partial charge in [-0.25, -0.2) is 0 Å². The van der Waals surface area contributed by atoms with E-state index >= 15 is 0 Å². The molecule has 0 radical (unpaired) electrons. The minimum Gasteiger partial charge on any atom is -0.381 e. The number of rotatable bonds is 7. The van der Waals surface area contributed by atoms with Gasteiger partial charge < -0.3 is 4.74 Å². The van der Waals surface area contributed by atoms with Gasteiger partial charge in [0.05, 0.1) is 6.61 Å². The van der Waals surface area contributed by atoms with Crippen LogP contribution in [0.3, 0.4) is 0 Å². The number of Topliss-reactive ketones (excluding diaryl/α,β-unsaturated/α-hetero) is 1. The summed E-state index contributed by atoms with van der Waals surface area (Å²) in [5.41, 5.74) is 0. The summed E-state index contributed by atoms with van der Waals surface area (Å²) in [6.07, 6.45) is 11.8. The fourth-order valence-corrected chi connectivity index (χ4v) is 8.59. The normalized spacial score (nSPS) is 47.6. The van der Waals surface area contributed by atoms with Crippen LogP contribution in [-0.2, 0) is 9.53 Å². The summed E-state index contributed by atoms with van der Waals surface area (Å²) >= 11 is 0. The fourth-order valence-electron chi connectivity index (χ4n) is 8.59. The van der Waals surface area contributed by atoms with Gasteiger partial charge in [-0.2, -0.15) is 0 Å². The summed E-state index contributed by atoms with van der Waals surface area (Å²) in [6.45, 7) is 6.34. The third-order valence-corrected chi connectivity index (χ3v) is 9.64. The third kappa shape index (κ3) is 2.81. The van der Waals surface area contributed by atoms with Crippen LogP contribution in [0.15, 0.2) is 0 Å². The van der Waals surface area contributed by atoms with E-state index in [9.17, 15) is 4.79 Å². The number of hydrogen-bond acceptors (Lipinski definition) is 2. The van der Waals surface area contributed by atoms with Crippen LogP contribution < -0.4 is 0 Å². The molecule has 5 rings (SSSR count). The Morgan fingerprint density at radius 3 is 2.54 bits per heavy atom. The van der Waals surface area contributed by atoms with E-state index < -0.39 is 0 Å². The molecule has 0 saturated heterocycles. The van der Waals surface area contributed by atoms with E-state index in [4.69, 9.17) is 4.74 Å². The first-order valence-corrected chi connectivity index (χ1v) is 11.7. The highest BCUT2D eigenvalue weighted by Crippen LogP contribution is 2.70. The number of carbonyl (C=O) groups excluding carboxylic acids is 1. The van der Waals surface area contributed by atoms with Crippen LogP contribution in [0.2, 0.25) is 0 Å². The average Bonchev–Trinajstić information content (AvgIpc) is 3.42. The Balaban J connectivity index is 1.10. The van der Waals surface area contributed by atoms with Crippen molar-refractivity contribution in [2.24, 2.45) is 59.2 Å². The zero-order chi connectivity index (χ0) is 17.8. The van der Waals surface area contributed by atoms with Crippen molar-refractivity contribution >= 4 is 5.78 Å². The second kappa shape index (κ2) is 6.90. The van der Waals surface area contributed by atoms with Crippen LogP contribution in [-0.4, -0.2) is 19.0 Å². The largest absolute Gasteiger partial charge is 0.381 e. The maximum absolute atomic E-state index is 12.9. The average molecular weight is 359 g/mol. The lowest BCUT2D eigenvalue weighted by Gasteiger charge is -2.40. The molecule has 2 nitrogen and oxygen atoms in total. The second-order valence-electron chi connectivity index (χ2n) is 10.8. The molecule has 0 heterocycles. The minimum atomic E-state index is 0.392. The highest BCUT2D eigenvalue weighted by Gasteiger charge is 2.64. The van der Waals surface area contributed by atoms with Crippen molar-refractivity contribution < 1.29 is 9.53 Å². The van der Waals surface area contributed by atoms with Gasteiger partial charge in [0, 0.05) is 18.9 Å². The molecule has 5 fully saturated rings. The van der Waals surface area contributed by atoms with Crippen molar-refractivity contribution in [3.05, 3.63) is 0 Å². The van der Waals surface area contributed by atoms with Crippen molar-refractivity contribution in [3.63, 3.8) is 0 Å². The predicted molar refractivity (Wildman–Crippen MR) is 104 cm³/mol. The Bertz CT molecular complexity index is 536. The lowest BCUT2D eigenvalue weighted by atomic mass is 9.64. The molecule has 5 aliphatic rings. The predicted octanol–water partition coefficient (Wildman–Crippen LogP) is 5.35. The van der Waals surface area contributed by atoms with Gasteiger partial charge in [0.2, 0.25) is 0 Å². The maximum Gasteiger partial charge on any atom is 0.138 e. The summed E-state index contributed by atoms with van der Waals surface area (Å²) in [4.78, 5) is 12.9. The van der Waals surface area contributed by atoms with Crippen LogP contribution >= 0.6 is 0 Å². The van der Waals surface area contributed by atoms with Gasteiger partial charge in [-0.15, -0.1) is 0 Å². The van der Waals surface area contributed by atoms with Crippen LogP contribution in [0, 0.1) is 59.2 Å². The molecule has 0 aromatic heterocycles. The smallest absolute Gasteiger partial charge is 0.138 e. The molecule has 0 amide bonds. The molecule has 0 aliphatic heterocycles. The molecule has 2 heteroatoms. The van der Waals surface area contributed by atoms with Gasteiger partial charge >= 0.3 is 0 Å². The summed E-state index contributed by atoms with van der Waals surface area (Å²) in [6, 6.07) is 0. The minimum absolute atomic E-state index is 0.392. The molecule has 146 valence electrons. The standard InChI is InChI=1S/C24H38O2/c1-14-9-17-10-19(14)24-21-12-18(23(17)24)11-20(21)22(25)7-8-26-13-15(2)16-5-3-4-6-16/h14-21,23-24H,3-13H2,1-2H3. The molecule has 26 heavy (non-hydrogen) atoms. The fraction of sp³-hybridized carbons (Fsp3) is 0.958. The lowest BCUT2D eigenvalue weighted by Crippen LogP contribution is -2.38. The van der Waals surface area contributed by atoms with Crippen LogP contribution in [0.25, 0.3) is 0 Å². The Morgan fingerprint density at radius 1 is 1.00 bits per heavy atom. The number of carbonyl (C=O) groups is 1. The van der Waals surface area contributed by atoms with Gasteiger partial charge in [0.1, 0.15) is 5.78 Å². The lowest BCUT2D eigenvalue weighted by molar-refractivity contribution is -0.127. The van der Waals surface area contributed by atoms with Gasteiger partial charge in [-0.3, -0.25) is 4.79 Å². The zero-order valence-electron chi connectivity index (χ0n) is 16.9. The van der Waals surface area contributed by atoms with Crippen LogP contribution in [0.1, 0.15) is 71.6 Å². The van der Waals surface area contributed by atoms with Gasteiger partial charge in [-0.05, 0) is 78.9 Å². The number of ketones is 1. The van der Waals surface area contributed by atoms with E-state index in [1.54, 1.807) is 0 Å². The monoisotopic (exact) mass is 358 g/mol. The second-order valence-corrected chi connectivity index (χ2v) is 10.8. The highest BCUT2D eigenvalue weighted by atomic mass is 16.5. The molecule has 0 aromatic carbocycles. The van der Waals surface area contributed by atoms with Crippen molar-refractivity contribution in [2.75, 3.05) is 13.2 Å². The summed E-state index contributed by atoms with van der Waals surface area (Å²) < 4.78 is 5.95. The summed E-state index contributed by atoms with van der Waals surface area (Å²) in [5, 5.41) is 0. The van der Waals surface area contributed by atoms with Crippen molar-refractivity contribution in [3.8, 4) is 0 Å². The Morgan fingerprint density at radius 2 is 1.73 bits per heavy atom. The Kier molecular flexibility index (Phi) is 4.70. The van der Waals surface area contributed by atoms with E-state index in [1.807, 2.05) is 0 Å². The van der Waals surface area contributed by atoms with E-state index in [-0.39, 0.29) is 0 Å². The molecule has 9 atom stereocenters. The molecule has 5 aliphatic carbocycles. The molecular formula is C24H38O2. The van der Waals surface area contributed by atoms with Crippen LogP contribution in [0.4, 0.5) is 0 Å². The number of hydrogen-bond donors (Lipinski definition) is 0. The van der Waals surface area contributed by atoms with E-state index in [0.717, 1.165) is 54.0 Å². The Hall–Kier alpha value is -0.370. The summed E-state index contributed by atoms with van der Waals surface area (Å²) in [7, 11) is 0. The number of fused-ring (bicyclic) bond motifs is 9. The van der Waals surface area contributed by atoms with Crippen molar-refractivity contribution in [1.29, 1.82) is 0 Å². The third-order valence-electron chi connectivity index (χ3n) is 9.64. The molecule has 4 bridgehead atoms. The quantitative estimate of drug-likeness (QED) is 0.453. The molecule has 0 N–H and O–H groups in total. The van der Waals surface area contributed by atoms with Gasteiger partial charge in [0.15, 0.2) is 0 Å². The van der Waals surface area contributed by atoms with Crippen molar-refractivity contribution in [1.82, 2.24) is 0 Å². The molecule has 9 unspecified atom stereocenters. The van der Waals surface area contributed by atoms with E-state index in [1.165, 1.54) is 51.4 Å². The first-order valence-electron chi connectivity index (χ1n) is 11.7. The van der Waals surface area contributed by atoms with Crippen molar-refractivity contribution in [2.45, 2.75) is 71.6 Å². The summed E-state index contributed by atoms with van der Waals surface area (Å²) in [5.74, 6) is 8.94. The van der Waals surface area contributed by atoms with E-state index in [0.29, 0.717) is 30.6 Å². The van der Waals surface area contributed by atoms with Gasteiger partial charge in [0.25, 0.3) is 0 Å². The molecule has 0 spiro atoms. The van der Waals surface area contributed by atoms with Gasteiger partial charge in [-0.1, -0.05) is 39.5 Å². The first kappa shape index (κ1) is 17.7. The van der Waals surface area contributed by atoms with Crippen LogP contribution in [0.5, 0.6) is 0 Å².